The molecule has 0 atom stereocenters. The number of amides is 1. The molecular weight excluding hydrogens is 328 g/mol. The molecule has 3 rings (SSSR count). The van der Waals surface area contributed by atoms with Crippen molar-refractivity contribution in [1.29, 1.82) is 0 Å². The van der Waals surface area contributed by atoms with Crippen molar-refractivity contribution in [3.63, 3.8) is 0 Å². The van der Waals surface area contributed by atoms with Crippen molar-refractivity contribution in [2.75, 3.05) is 6.54 Å². The molecule has 24 heavy (non-hydrogen) atoms. The van der Waals surface area contributed by atoms with Crippen molar-refractivity contribution in [3.05, 3.63) is 65.0 Å². The molecule has 1 N–H and O–H groups in total. The first-order chi connectivity index (χ1) is 11.6. The predicted octanol–water partition coefficient (Wildman–Crippen LogP) is 3.07. The van der Waals surface area contributed by atoms with Crippen LogP contribution in [0.15, 0.2) is 47.5 Å². The molecule has 0 aliphatic heterocycles. The van der Waals surface area contributed by atoms with E-state index in [-0.39, 0.29) is 16.6 Å². The molecule has 122 valence electrons. The van der Waals surface area contributed by atoms with E-state index in [0.29, 0.717) is 18.9 Å². The number of aromatic nitrogens is 3. The number of halogens is 1. The first kappa shape index (κ1) is 16.1. The molecular formula is C17H15ClN4O2. The van der Waals surface area contributed by atoms with Crippen molar-refractivity contribution < 1.29 is 9.21 Å². The molecule has 0 saturated heterocycles. The quantitative estimate of drug-likeness (QED) is 0.770. The van der Waals surface area contributed by atoms with Crippen molar-refractivity contribution in [2.24, 2.45) is 0 Å². The van der Waals surface area contributed by atoms with Gasteiger partial charge in [-0.05, 0) is 19.1 Å². The van der Waals surface area contributed by atoms with Gasteiger partial charge in [0.05, 0.1) is 10.7 Å². The fourth-order valence-electron chi connectivity index (χ4n) is 2.12. The molecule has 1 aromatic carbocycles. The van der Waals surface area contributed by atoms with Crippen LogP contribution in [0, 0.1) is 6.92 Å². The molecule has 0 fully saturated rings. The molecule has 3 aromatic rings. The Morgan fingerprint density at radius 1 is 1.29 bits per heavy atom. The van der Waals surface area contributed by atoms with Crippen molar-refractivity contribution in [2.45, 2.75) is 13.3 Å². The number of oxazole rings is 1. The lowest BCUT2D eigenvalue weighted by Crippen LogP contribution is -2.27. The fraction of sp³-hybridized carbons (Fsp3) is 0.176. The topological polar surface area (TPSA) is 80.9 Å². The molecule has 0 spiro atoms. The number of benzene rings is 1. The lowest BCUT2D eigenvalue weighted by molar-refractivity contribution is 0.0949. The van der Waals surface area contributed by atoms with Gasteiger partial charge in [0, 0.05) is 24.7 Å². The summed E-state index contributed by atoms with van der Waals surface area (Å²) in [6.45, 7) is 2.43. The Hall–Kier alpha value is -2.73. The second kappa shape index (κ2) is 7.23. The van der Waals surface area contributed by atoms with E-state index in [1.807, 2.05) is 31.2 Å². The average molecular weight is 343 g/mol. The van der Waals surface area contributed by atoms with Crippen molar-refractivity contribution in [1.82, 2.24) is 20.3 Å². The second-order valence-electron chi connectivity index (χ2n) is 5.24. The highest BCUT2D eigenvalue weighted by atomic mass is 35.5. The molecule has 7 heteroatoms. The summed E-state index contributed by atoms with van der Waals surface area (Å²) in [5.74, 6) is 0.222. The summed E-state index contributed by atoms with van der Waals surface area (Å²) in [4.78, 5) is 24.0. The van der Waals surface area contributed by atoms with Crippen molar-refractivity contribution >= 4 is 17.5 Å². The van der Waals surface area contributed by atoms with E-state index >= 15 is 0 Å². The zero-order chi connectivity index (χ0) is 16.9. The molecule has 1 amide bonds. The first-order valence-electron chi connectivity index (χ1n) is 7.38. The minimum absolute atomic E-state index is 0.159. The van der Waals surface area contributed by atoms with E-state index in [2.05, 4.69) is 20.3 Å². The van der Waals surface area contributed by atoms with Gasteiger partial charge in [0.25, 0.3) is 5.91 Å². The van der Waals surface area contributed by atoms with E-state index in [9.17, 15) is 4.79 Å². The van der Waals surface area contributed by atoms with Gasteiger partial charge < -0.3 is 9.73 Å². The maximum Gasteiger partial charge on any atom is 0.271 e. The van der Waals surface area contributed by atoms with Gasteiger partial charge in [0.15, 0.2) is 0 Å². The molecule has 0 bridgehead atoms. The Morgan fingerprint density at radius 3 is 2.83 bits per heavy atom. The normalized spacial score (nSPS) is 10.6. The standard InChI is InChI=1S/C17H15ClN4O2/c1-11-2-4-12(5-3-11)17-22-13(9-24-17)6-7-20-16(23)15-14(18)8-19-10-21-15/h2-5,8-10H,6-7H2,1H3,(H,20,23). The molecule has 0 aliphatic rings. The van der Waals surface area contributed by atoms with Crippen LogP contribution in [0.4, 0.5) is 0 Å². The number of rotatable bonds is 5. The molecule has 2 heterocycles. The summed E-state index contributed by atoms with van der Waals surface area (Å²) in [5.41, 5.74) is 3.02. The summed E-state index contributed by atoms with van der Waals surface area (Å²) in [6, 6.07) is 7.93. The predicted molar refractivity (Wildman–Crippen MR) is 89.8 cm³/mol. The number of carbonyl (C=O) groups excluding carboxylic acids is 1. The van der Waals surface area contributed by atoms with Crippen LogP contribution < -0.4 is 5.32 Å². The molecule has 0 saturated carbocycles. The minimum atomic E-state index is -0.343. The Kier molecular flexibility index (Phi) is 4.86. The van der Waals surface area contributed by atoms with E-state index in [0.717, 1.165) is 11.3 Å². The van der Waals surface area contributed by atoms with Crippen LogP contribution in [0.25, 0.3) is 11.5 Å². The Morgan fingerprint density at radius 2 is 2.08 bits per heavy atom. The summed E-state index contributed by atoms with van der Waals surface area (Å²) < 4.78 is 5.49. The molecule has 2 aromatic heterocycles. The molecule has 0 aliphatic carbocycles. The minimum Gasteiger partial charge on any atom is -0.444 e. The Balaban J connectivity index is 1.57. The van der Waals surface area contributed by atoms with Gasteiger partial charge in [0.2, 0.25) is 5.89 Å². The molecule has 0 unspecified atom stereocenters. The third kappa shape index (κ3) is 3.78. The van der Waals surface area contributed by atoms with Crippen LogP contribution in [0.5, 0.6) is 0 Å². The zero-order valence-corrected chi connectivity index (χ0v) is 13.7. The van der Waals surface area contributed by atoms with Gasteiger partial charge in [0.1, 0.15) is 18.3 Å². The third-order valence-corrected chi connectivity index (χ3v) is 3.68. The van der Waals surface area contributed by atoms with E-state index in [4.69, 9.17) is 16.0 Å². The smallest absolute Gasteiger partial charge is 0.271 e. The van der Waals surface area contributed by atoms with Crippen LogP contribution in [-0.2, 0) is 6.42 Å². The van der Waals surface area contributed by atoms with Crippen LogP contribution >= 0.6 is 11.6 Å². The average Bonchev–Trinajstić information content (AvgIpc) is 3.04. The first-order valence-corrected chi connectivity index (χ1v) is 7.76. The highest BCUT2D eigenvalue weighted by Gasteiger charge is 2.12. The van der Waals surface area contributed by atoms with Gasteiger partial charge in [-0.1, -0.05) is 29.3 Å². The number of carbonyl (C=O) groups is 1. The summed E-state index contributed by atoms with van der Waals surface area (Å²) in [6.07, 6.45) is 4.81. The molecule has 6 nitrogen and oxygen atoms in total. The van der Waals surface area contributed by atoms with E-state index in [1.54, 1.807) is 6.26 Å². The lowest BCUT2D eigenvalue weighted by atomic mass is 10.1. The van der Waals surface area contributed by atoms with Crippen LogP contribution in [0.3, 0.4) is 0 Å². The van der Waals surface area contributed by atoms with Gasteiger partial charge in [-0.15, -0.1) is 0 Å². The number of hydrogen-bond acceptors (Lipinski definition) is 5. The SMILES string of the molecule is Cc1ccc(-c2nc(CCNC(=O)c3ncncc3Cl)co2)cc1. The largest absolute Gasteiger partial charge is 0.444 e. The van der Waals surface area contributed by atoms with Gasteiger partial charge in [-0.25, -0.2) is 15.0 Å². The summed E-state index contributed by atoms with van der Waals surface area (Å²) >= 11 is 5.88. The zero-order valence-electron chi connectivity index (χ0n) is 13.0. The summed E-state index contributed by atoms with van der Waals surface area (Å²) in [7, 11) is 0. The molecule has 0 radical (unpaired) electrons. The third-order valence-electron chi connectivity index (χ3n) is 3.40. The van der Waals surface area contributed by atoms with E-state index in [1.165, 1.54) is 18.1 Å². The highest BCUT2D eigenvalue weighted by Crippen LogP contribution is 2.19. The number of nitrogens with zero attached hydrogens (tertiary/aromatic N) is 3. The van der Waals surface area contributed by atoms with Gasteiger partial charge >= 0.3 is 0 Å². The maximum atomic E-state index is 12.0. The second-order valence-corrected chi connectivity index (χ2v) is 5.64. The number of hydrogen-bond donors (Lipinski definition) is 1. The van der Waals surface area contributed by atoms with Crippen LogP contribution in [0.2, 0.25) is 5.02 Å². The Bertz CT molecular complexity index is 846. The highest BCUT2D eigenvalue weighted by molar-refractivity contribution is 6.33. The summed E-state index contributed by atoms with van der Waals surface area (Å²) in [5, 5.41) is 2.97. The van der Waals surface area contributed by atoms with Gasteiger partial charge in [-0.2, -0.15) is 0 Å². The van der Waals surface area contributed by atoms with Crippen LogP contribution in [-0.4, -0.2) is 27.4 Å². The van der Waals surface area contributed by atoms with Crippen molar-refractivity contribution in [3.8, 4) is 11.5 Å². The maximum absolute atomic E-state index is 12.0. The Labute approximate surface area is 143 Å². The lowest BCUT2D eigenvalue weighted by Gasteiger charge is -2.03. The number of nitrogens with one attached hydrogen (secondary N) is 1. The monoisotopic (exact) mass is 342 g/mol. The fourth-order valence-corrected chi connectivity index (χ4v) is 2.31. The van der Waals surface area contributed by atoms with Gasteiger partial charge in [-0.3, -0.25) is 4.79 Å². The van der Waals surface area contributed by atoms with E-state index < -0.39 is 0 Å². The number of aryl methyl sites for hydroxylation is 1. The van der Waals surface area contributed by atoms with Crippen LogP contribution in [0.1, 0.15) is 21.7 Å².